The highest BCUT2D eigenvalue weighted by molar-refractivity contribution is 8.18. The molecule has 29 heavy (non-hydrogen) atoms. The predicted octanol–water partition coefficient (Wildman–Crippen LogP) is 4.78. The summed E-state index contributed by atoms with van der Waals surface area (Å²) in [5, 5.41) is 13.2. The van der Waals surface area contributed by atoms with Gasteiger partial charge in [0.05, 0.1) is 18.6 Å². The summed E-state index contributed by atoms with van der Waals surface area (Å²) in [6.07, 6.45) is 3.81. The van der Waals surface area contributed by atoms with Crippen LogP contribution in [0.5, 0.6) is 17.2 Å². The number of carbonyl (C=O) groups is 1. The van der Waals surface area contributed by atoms with E-state index in [9.17, 15) is 9.90 Å². The van der Waals surface area contributed by atoms with Crippen molar-refractivity contribution in [3.8, 4) is 17.2 Å². The number of unbranched alkanes of at least 4 members (excludes halogenated alkanes) is 1. The summed E-state index contributed by atoms with van der Waals surface area (Å²) in [5.41, 5.74) is 2.17. The van der Waals surface area contributed by atoms with Gasteiger partial charge < -0.3 is 19.9 Å². The number of hydrogen-bond donors (Lipinski definition) is 2. The number of nitrogens with one attached hydrogen (secondary N) is 1. The van der Waals surface area contributed by atoms with E-state index in [2.05, 4.69) is 17.2 Å². The number of ether oxygens (including phenoxy) is 2. The number of amidine groups is 1. The molecule has 6 nitrogen and oxygen atoms in total. The maximum Gasteiger partial charge on any atom is 0.264 e. The molecule has 1 amide bonds. The molecule has 0 aliphatic carbocycles. The van der Waals surface area contributed by atoms with E-state index in [0.29, 0.717) is 33.9 Å². The van der Waals surface area contributed by atoms with Crippen LogP contribution in [0.1, 0.15) is 30.9 Å². The van der Waals surface area contributed by atoms with Crippen molar-refractivity contribution >= 4 is 34.6 Å². The van der Waals surface area contributed by atoms with E-state index in [1.165, 1.54) is 11.8 Å². The van der Waals surface area contributed by atoms with Crippen molar-refractivity contribution in [2.24, 2.45) is 4.99 Å². The van der Waals surface area contributed by atoms with Crippen LogP contribution in [0, 0.1) is 6.92 Å². The topological polar surface area (TPSA) is 80.2 Å². The number of aromatic hydroxyl groups is 1. The van der Waals surface area contributed by atoms with Crippen molar-refractivity contribution in [1.82, 2.24) is 5.32 Å². The number of aliphatic imine (C=N–C) groups is 1. The third-order valence-electron chi connectivity index (χ3n) is 4.24. The molecule has 2 N–H and O–H groups in total. The molecule has 7 heteroatoms. The molecule has 0 aromatic heterocycles. The molecule has 0 saturated carbocycles. The molecule has 1 aliphatic heterocycles. The summed E-state index contributed by atoms with van der Waals surface area (Å²) in [4.78, 5) is 17.2. The zero-order valence-corrected chi connectivity index (χ0v) is 17.5. The lowest BCUT2D eigenvalue weighted by atomic mass is 10.2. The second-order valence-electron chi connectivity index (χ2n) is 6.59. The van der Waals surface area contributed by atoms with Crippen LogP contribution in [0.25, 0.3) is 6.08 Å². The summed E-state index contributed by atoms with van der Waals surface area (Å²) < 4.78 is 11.2. The monoisotopic (exact) mass is 412 g/mol. The van der Waals surface area contributed by atoms with Gasteiger partial charge in [0.2, 0.25) is 0 Å². The van der Waals surface area contributed by atoms with Crippen LogP contribution in [0.3, 0.4) is 0 Å². The van der Waals surface area contributed by atoms with E-state index in [0.717, 1.165) is 24.0 Å². The fourth-order valence-corrected chi connectivity index (χ4v) is 3.52. The maximum atomic E-state index is 12.3. The van der Waals surface area contributed by atoms with Crippen molar-refractivity contribution in [2.75, 3.05) is 13.7 Å². The predicted molar refractivity (Wildman–Crippen MR) is 117 cm³/mol. The Hall–Kier alpha value is -2.93. The van der Waals surface area contributed by atoms with Gasteiger partial charge in [-0.2, -0.15) is 0 Å². The van der Waals surface area contributed by atoms with Crippen LogP contribution < -0.4 is 14.8 Å². The number of thioether (sulfide) groups is 1. The van der Waals surface area contributed by atoms with E-state index >= 15 is 0 Å². The van der Waals surface area contributed by atoms with Crippen LogP contribution >= 0.6 is 11.8 Å². The average Bonchev–Trinajstić information content (AvgIpc) is 3.04. The fraction of sp³-hybridized carbons (Fsp3) is 0.273. The molecule has 0 bridgehead atoms. The highest BCUT2D eigenvalue weighted by Gasteiger charge is 2.24. The number of phenols is 1. The smallest absolute Gasteiger partial charge is 0.264 e. The Bertz CT molecular complexity index is 969. The summed E-state index contributed by atoms with van der Waals surface area (Å²) in [5.74, 6) is 1.15. The third-order valence-corrected chi connectivity index (χ3v) is 5.15. The van der Waals surface area contributed by atoms with E-state index in [1.54, 1.807) is 25.3 Å². The zero-order chi connectivity index (χ0) is 20.8. The van der Waals surface area contributed by atoms with Crippen molar-refractivity contribution in [2.45, 2.75) is 26.7 Å². The van der Waals surface area contributed by atoms with Gasteiger partial charge in [-0.05, 0) is 66.6 Å². The van der Waals surface area contributed by atoms with Crippen LogP contribution in [-0.4, -0.2) is 29.9 Å². The van der Waals surface area contributed by atoms with Crippen molar-refractivity contribution in [1.29, 1.82) is 0 Å². The number of benzene rings is 2. The Morgan fingerprint density at radius 2 is 2.03 bits per heavy atom. The summed E-state index contributed by atoms with van der Waals surface area (Å²) in [7, 11) is 1.59. The Morgan fingerprint density at radius 3 is 2.76 bits per heavy atom. The normalized spacial score (nSPS) is 16.3. The molecule has 0 unspecified atom stereocenters. The standard InChI is InChI=1S/C22H24N2O4S/c1-4-5-10-28-18-9-7-15(12-19(18)27-3)13-20-21(26)24-22(29-20)23-16-8-6-14(2)11-17(16)25/h6-9,11-13,25H,4-5,10H2,1-3H3,(H,23,24,26)/b20-13-. The fourth-order valence-electron chi connectivity index (χ4n) is 2.69. The second-order valence-corrected chi connectivity index (χ2v) is 7.62. The number of nitrogens with zero attached hydrogens (tertiary/aromatic N) is 1. The molecule has 152 valence electrons. The zero-order valence-electron chi connectivity index (χ0n) is 16.7. The van der Waals surface area contributed by atoms with Gasteiger partial charge in [0.1, 0.15) is 11.4 Å². The van der Waals surface area contributed by atoms with Crippen molar-refractivity contribution in [3.63, 3.8) is 0 Å². The number of rotatable bonds is 7. The van der Waals surface area contributed by atoms with Gasteiger partial charge in [0, 0.05) is 0 Å². The number of phenolic OH excluding ortho intramolecular Hbond substituents is 1. The lowest BCUT2D eigenvalue weighted by Gasteiger charge is -2.11. The third kappa shape index (κ3) is 5.32. The number of aryl methyl sites for hydroxylation is 1. The molecule has 1 fully saturated rings. The number of methoxy groups -OCH3 is 1. The summed E-state index contributed by atoms with van der Waals surface area (Å²) in [6.45, 7) is 4.63. The SMILES string of the molecule is CCCCOc1ccc(/C=C2\SC(=Nc3ccc(C)cc3O)NC2=O)cc1OC. The Labute approximate surface area is 174 Å². The molecule has 1 heterocycles. The Balaban J connectivity index is 1.78. The maximum absolute atomic E-state index is 12.3. The molecular weight excluding hydrogens is 388 g/mol. The van der Waals surface area contributed by atoms with Crippen molar-refractivity contribution in [3.05, 3.63) is 52.4 Å². The van der Waals surface area contributed by atoms with Gasteiger partial charge in [-0.3, -0.25) is 4.79 Å². The lowest BCUT2D eigenvalue weighted by Crippen LogP contribution is -2.19. The second kappa shape index (κ2) is 9.52. The highest BCUT2D eigenvalue weighted by Crippen LogP contribution is 2.34. The minimum absolute atomic E-state index is 0.0770. The molecular formula is C22H24N2O4S. The lowest BCUT2D eigenvalue weighted by molar-refractivity contribution is -0.115. The molecule has 0 spiro atoms. The Morgan fingerprint density at radius 1 is 1.21 bits per heavy atom. The van der Waals surface area contributed by atoms with E-state index < -0.39 is 0 Å². The largest absolute Gasteiger partial charge is 0.506 e. The van der Waals surface area contributed by atoms with E-state index in [1.807, 2.05) is 31.2 Å². The Kier molecular flexibility index (Phi) is 6.82. The van der Waals surface area contributed by atoms with Crippen molar-refractivity contribution < 1.29 is 19.4 Å². The van der Waals surface area contributed by atoms with Gasteiger partial charge >= 0.3 is 0 Å². The average molecular weight is 413 g/mol. The van der Waals surface area contributed by atoms with Gasteiger partial charge in [0.25, 0.3) is 5.91 Å². The first-order valence-corrected chi connectivity index (χ1v) is 10.2. The first-order chi connectivity index (χ1) is 14.0. The quantitative estimate of drug-likeness (QED) is 0.505. The van der Waals surface area contributed by atoms with E-state index in [-0.39, 0.29) is 11.7 Å². The van der Waals surface area contributed by atoms with Gasteiger partial charge in [-0.15, -0.1) is 0 Å². The van der Waals surface area contributed by atoms with Crippen LogP contribution in [0.15, 0.2) is 46.3 Å². The highest BCUT2D eigenvalue weighted by atomic mass is 32.2. The minimum atomic E-state index is -0.234. The molecule has 2 aromatic carbocycles. The molecule has 3 rings (SSSR count). The van der Waals surface area contributed by atoms with Gasteiger partial charge in [-0.1, -0.05) is 25.5 Å². The summed E-state index contributed by atoms with van der Waals surface area (Å²) >= 11 is 1.22. The van der Waals surface area contributed by atoms with E-state index in [4.69, 9.17) is 9.47 Å². The molecule has 1 saturated heterocycles. The van der Waals surface area contributed by atoms with Crippen LogP contribution in [0.2, 0.25) is 0 Å². The first kappa shape index (κ1) is 20.8. The molecule has 0 radical (unpaired) electrons. The van der Waals surface area contributed by atoms with Gasteiger partial charge in [0.15, 0.2) is 16.7 Å². The first-order valence-electron chi connectivity index (χ1n) is 9.40. The molecule has 1 aliphatic rings. The molecule has 0 atom stereocenters. The number of amides is 1. The minimum Gasteiger partial charge on any atom is -0.506 e. The number of hydrogen-bond acceptors (Lipinski definition) is 6. The van der Waals surface area contributed by atoms with Crippen LogP contribution in [-0.2, 0) is 4.79 Å². The summed E-state index contributed by atoms with van der Waals surface area (Å²) in [6, 6.07) is 10.8. The van der Waals surface area contributed by atoms with Crippen LogP contribution in [0.4, 0.5) is 5.69 Å². The van der Waals surface area contributed by atoms with Gasteiger partial charge in [-0.25, -0.2) is 4.99 Å². The molecule has 2 aromatic rings. The number of carbonyl (C=O) groups excluding carboxylic acids is 1.